The fourth-order valence-electron chi connectivity index (χ4n) is 1.24. The molecule has 90 valence electrons. The van der Waals surface area contributed by atoms with Gasteiger partial charge in [-0.05, 0) is 40.2 Å². The summed E-state index contributed by atoms with van der Waals surface area (Å²) in [5.41, 5.74) is 0.644. The molecule has 17 heavy (non-hydrogen) atoms. The van der Waals surface area contributed by atoms with Crippen LogP contribution in [0.25, 0.3) is 5.69 Å². The predicted molar refractivity (Wildman–Crippen MR) is 57.9 cm³/mol. The maximum Gasteiger partial charge on any atom is 0.573 e. The van der Waals surface area contributed by atoms with E-state index in [0.717, 1.165) is 4.47 Å². The van der Waals surface area contributed by atoms with E-state index in [9.17, 15) is 13.2 Å². The van der Waals surface area contributed by atoms with Gasteiger partial charge in [0.1, 0.15) is 5.75 Å². The monoisotopic (exact) mass is 306 g/mol. The van der Waals surface area contributed by atoms with Gasteiger partial charge in [0, 0.05) is 6.20 Å². The minimum atomic E-state index is -4.67. The van der Waals surface area contributed by atoms with Crippen LogP contribution >= 0.6 is 15.9 Å². The van der Waals surface area contributed by atoms with Crippen molar-refractivity contribution in [2.45, 2.75) is 6.36 Å². The van der Waals surface area contributed by atoms with Crippen LogP contribution in [0.4, 0.5) is 13.2 Å². The zero-order valence-electron chi connectivity index (χ0n) is 8.28. The molecule has 0 saturated carbocycles. The molecule has 0 aliphatic carbocycles. The molecule has 0 fully saturated rings. The van der Waals surface area contributed by atoms with Crippen LogP contribution in [0.15, 0.2) is 41.1 Å². The molecule has 0 N–H and O–H groups in total. The fourth-order valence-corrected chi connectivity index (χ4v) is 1.53. The number of rotatable bonds is 2. The first kappa shape index (κ1) is 12.0. The van der Waals surface area contributed by atoms with Gasteiger partial charge in [0.2, 0.25) is 0 Å². The number of ether oxygens (including phenoxy) is 1. The number of alkyl halides is 3. The van der Waals surface area contributed by atoms with Crippen LogP contribution in [0.5, 0.6) is 5.75 Å². The zero-order chi connectivity index (χ0) is 12.5. The molecule has 0 unspecified atom stereocenters. The van der Waals surface area contributed by atoms with Crippen LogP contribution < -0.4 is 4.74 Å². The van der Waals surface area contributed by atoms with Gasteiger partial charge in [-0.25, -0.2) is 4.68 Å². The van der Waals surface area contributed by atoms with Crippen LogP contribution in [0.3, 0.4) is 0 Å². The zero-order valence-corrected chi connectivity index (χ0v) is 9.86. The van der Waals surface area contributed by atoms with Gasteiger partial charge in [-0.3, -0.25) is 0 Å². The molecule has 0 radical (unpaired) electrons. The first-order chi connectivity index (χ1) is 7.94. The molecule has 0 aliphatic heterocycles. The molecule has 0 atom stereocenters. The van der Waals surface area contributed by atoms with E-state index in [0.29, 0.717) is 5.69 Å². The Morgan fingerprint density at radius 3 is 2.29 bits per heavy atom. The lowest BCUT2D eigenvalue weighted by Gasteiger charge is -2.09. The maximum absolute atomic E-state index is 11.9. The van der Waals surface area contributed by atoms with Crippen LogP contribution in [0.2, 0.25) is 0 Å². The van der Waals surface area contributed by atoms with Crippen molar-refractivity contribution in [2.24, 2.45) is 0 Å². The normalized spacial score (nSPS) is 11.5. The summed E-state index contributed by atoms with van der Waals surface area (Å²) in [5.74, 6) is -0.257. The van der Waals surface area contributed by atoms with Crippen LogP contribution in [-0.2, 0) is 0 Å². The van der Waals surface area contributed by atoms with Crippen molar-refractivity contribution < 1.29 is 17.9 Å². The molecule has 1 aromatic heterocycles. The second kappa shape index (κ2) is 4.40. The molecule has 0 saturated heterocycles. The van der Waals surface area contributed by atoms with Gasteiger partial charge in [0.25, 0.3) is 0 Å². The Balaban J connectivity index is 2.19. The van der Waals surface area contributed by atoms with Gasteiger partial charge < -0.3 is 4.74 Å². The average Bonchev–Trinajstić information content (AvgIpc) is 2.63. The topological polar surface area (TPSA) is 27.1 Å². The summed E-state index contributed by atoms with van der Waals surface area (Å²) in [7, 11) is 0. The number of benzene rings is 1. The van der Waals surface area contributed by atoms with E-state index < -0.39 is 6.36 Å². The number of hydrogen-bond acceptors (Lipinski definition) is 2. The lowest BCUT2D eigenvalue weighted by Crippen LogP contribution is -2.17. The summed E-state index contributed by atoms with van der Waals surface area (Å²) < 4.78 is 41.8. The summed E-state index contributed by atoms with van der Waals surface area (Å²) in [5, 5.41) is 4.00. The molecular weight excluding hydrogens is 301 g/mol. The smallest absolute Gasteiger partial charge is 0.406 e. The number of aromatic nitrogens is 2. The largest absolute Gasteiger partial charge is 0.573 e. The maximum atomic E-state index is 11.9. The van der Waals surface area contributed by atoms with E-state index in [-0.39, 0.29) is 5.75 Å². The van der Waals surface area contributed by atoms with E-state index in [4.69, 9.17) is 0 Å². The van der Waals surface area contributed by atoms with E-state index in [1.54, 1.807) is 12.4 Å². The lowest BCUT2D eigenvalue weighted by molar-refractivity contribution is -0.274. The van der Waals surface area contributed by atoms with Gasteiger partial charge >= 0.3 is 6.36 Å². The van der Waals surface area contributed by atoms with E-state index in [2.05, 4.69) is 25.8 Å². The quantitative estimate of drug-likeness (QED) is 0.848. The fraction of sp³-hybridized carbons (Fsp3) is 0.100. The molecule has 0 spiro atoms. The van der Waals surface area contributed by atoms with Crippen molar-refractivity contribution in [3.8, 4) is 11.4 Å². The van der Waals surface area contributed by atoms with Crippen molar-refractivity contribution in [1.82, 2.24) is 9.78 Å². The summed E-state index contributed by atoms with van der Waals surface area (Å²) in [6, 6.07) is 5.44. The standard InChI is InChI=1S/C10H6BrF3N2O/c11-7-5-15-16(6-7)8-1-3-9(4-2-8)17-10(12,13)14/h1-6H. The molecule has 0 aliphatic rings. The van der Waals surface area contributed by atoms with E-state index in [1.165, 1.54) is 28.9 Å². The molecule has 2 rings (SSSR count). The highest BCUT2D eigenvalue weighted by atomic mass is 79.9. The molecule has 1 heterocycles. The Morgan fingerprint density at radius 1 is 1.18 bits per heavy atom. The first-order valence-corrected chi connectivity index (χ1v) is 5.30. The van der Waals surface area contributed by atoms with E-state index >= 15 is 0 Å². The number of nitrogens with zero attached hydrogens (tertiary/aromatic N) is 2. The summed E-state index contributed by atoms with van der Waals surface area (Å²) in [4.78, 5) is 0. The van der Waals surface area contributed by atoms with Crippen molar-refractivity contribution in [2.75, 3.05) is 0 Å². The third kappa shape index (κ3) is 3.23. The molecule has 0 bridgehead atoms. The Kier molecular flexibility index (Phi) is 3.10. The average molecular weight is 307 g/mol. The van der Waals surface area contributed by atoms with Gasteiger partial charge in [-0.1, -0.05) is 0 Å². The van der Waals surface area contributed by atoms with Crippen molar-refractivity contribution in [3.05, 3.63) is 41.1 Å². The second-order valence-electron chi connectivity index (χ2n) is 3.14. The highest BCUT2D eigenvalue weighted by Crippen LogP contribution is 2.23. The third-order valence-corrected chi connectivity index (χ3v) is 2.30. The predicted octanol–water partition coefficient (Wildman–Crippen LogP) is 3.53. The minimum Gasteiger partial charge on any atom is -0.406 e. The third-order valence-electron chi connectivity index (χ3n) is 1.89. The molecule has 3 nitrogen and oxygen atoms in total. The van der Waals surface area contributed by atoms with Crippen LogP contribution in [0.1, 0.15) is 0 Å². The Labute approximate surface area is 103 Å². The molecule has 2 aromatic rings. The Bertz CT molecular complexity index is 507. The van der Waals surface area contributed by atoms with Gasteiger partial charge in [0.15, 0.2) is 0 Å². The SMILES string of the molecule is FC(F)(F)Oc1ccc(-n2cc(Br)cn2)cc1. The van der Waals surface area contributed by atoms with Crippen molar-refractivity contribution in [3.63, 3.8) is 0 Å². The highest BCUT2D eigenvalue weighted by Gasteiger charge is 2.30. The molecule has 7 heteroatoms. The molecule has 1 aromatic carbocycles. The molecule has 0 amide bonds. The highest BCUT2D eigenvalue weighted by molar-refractivity contribution is 9.10. The van der Waals surface area contributed by atoms with Crippen molar-refractivity contribution >= 4 is 15.9 Å². The summed E-state index contributed by atoms with van der Waals surface area (Å²) in [6.07, 6.45) is -1.39. The minimum absolute atomic E-state index is 0.257. The van der Waals surface area contributed by atoms with Gasteiger partial charge in [-0.15, -0.1) is 13.2 Å². The number of halogens is 4. The number of hydrogen-bond donors (Lipinski definition) is 0. The van der Waals surface area contributed by atoms with Crippen LogP contribution in [-0.4, -0.2) is 16.1 Å². The van der Waals surface area contributed by atoms with Crippen LogP contribution in [0, 0.1) is 0 Å². The first-order valence-electron chi connectivity index (χ1n) is 4.50. The van der Waals surface area contributed by atoms with Gasteiger partial charge in [0.05, 0.1) is 16.4 Å². The Hall–Kier alpha value is -1.50. The lowest BCUT2D eigenvalue weighted by atomic mass is 10.3. The summed E-state index contributed by atoms with van der Waals surface area (Å²) in [6.45, 7) is 0. The van der Waals surface area contributed by atoms with E-state index in [1.807, 2.05) is 0 Å². The second-order valence-corrected chi connectivity index (χ2v) is 4.06. The molecular formula is C10H6BrF3N2O. The Morgan fingerprint density at radius 2 is 1.82 bits per heavy atom. The van der Waals surface area contributed by atoms with Crippen molar-refractivity contribution in [1.29, 1.82) is 0 Å². The summed E-state index contributed by atoms with van der Waals surface area (Å²) >= 11 is 3.23. The van der Waals surface area contributed by atoms with Gasteiger partial charge in [-0.2, -0.15) is 5.10 Å².